The van der Waals surface area contributed by atoms with Gasteiger partial charge in [-0.1, -0.05) is 11.8 Å². The largest absolute Gasteiger partial charge is 0.488 e. The summed E-state index contributed by atoms with van der Waals surface area (Å²) in [6, 6.07) is 7.67. The van der Waals surface area contributed by atoms with Gasteiger partial charge in [0.1, 0.15) is 11.4 Å². The van der Waals surface area contributed by atoms with Gasteiger partial charge in [-0.25, -0.2) is 0 Å². The van der Waals surface area contributed by atoms with E-state index in [2.05, 4.69) is 11.8 Å². The molecule has 0 heterocycles. The molecule has 86 valence electrons. The van der Waals surface area contributed by atoms with Crippen LogP contribution in [0.15, 0.2) is 24.3 Å². The molecule has 1 aromatic carbocycles. The van der Waals surface area contributed by atoms with Crippen LogP contribution in [-0.4, -0.2) is 17.3 Å². The molecule has 0 saturated carbocycles. The lowest BCUT2D eigenvalue weighted by Crippen LogP contribution is -2.22. The van der Waals surface area contributed by atoms with Crippen molar-refractivity contribution in [3.63, 3.8) is 0 Å². The topological polar surface area (TPSA) is 29.5 Å². The Balaban J connectivity index is 2.66. The maximum absolute atomic E-state index is 8.59. The molecule has 16 heavy (non-hydrogen) atoms. The summed E-state index contributed by atoms with van der Waals surface area (Å²) in [5.41, 5.74) is 0.763. The minimum absolute atomic E-state index is 0.109. The van der Waals surface area contributed by atoms with E-state index in [1.54, 1.807) is 0 Å². The summed E-state index contributed by atoms with van der Waals surface area (Å²) in [6.07, 6.45) is 0.514. The smallest absolute Gasteiger partial charge is 0.120 e. The molecule has 0 spiro atoms. The number of hydrogen-bond donors (Lipinski definition) is 1. The van der Waals surface area contributed by atoms with Gasteiger partial charge in [0.05, 0.1) is 6.61 Å². The van der Waals surface area contributed by atoms with Gasteiger partial charge in [0.2, 0.25) is 0 Å². The molecule has 0 aliphatic rings. The van der Waals surface area contributed by atoms with Gasteiger partial charge in [-0.05, 0) is 45.0 Å². The van der Waals surface area contributed by atoms with Gasteiger partial charge in [-0.3, -0.25) is 0 Å². The standard InChI is InChI=1S/C14H18O2/c1-14(2,3)16-13-9-7-12(8-10-13)6-4-5-11-15/h7-10,15H,5,11H2,1-3H3. The minimum Gasteiger partial charge on any atom is -0.488 e. The van der Waals surface area contributed by atoms with Crippen LogP contribution in [-0.2, 0) is 0 Å². The SMILES string of the molecule is CC(C)(C)Oc1ccc(C#CCCO)cc1. The third-order valence-electron chi connectivity index (χ3n) is 1.75. The number of aliphatic hydroxyl groups is 1. The Morgan fingerprint density at radius 3 is 2.31 bits per heavy atom. The van der Waals surface area contributed by atoms with Gasteiger partial charge in [0.15, 0.2) is 0 Å². The molecule has 0 unspecified atom stereocenters. The highest BCUT2D eigenvalue weighted by Crippen LogP contribution is 2.18. The summed E-state index contributed by atoms with van der Waals surface area (Å²) < 4.78 is 5.69. The quantitative estimate of drug-likeness (QED) is 0.773. The summed E-state index contributed by atoms with van der Waals surface area (Å²) >= 11 is 0. The van der Waals surface area contributed by atoms with Crippen LogP contribution in [0, 0.1) is 11.8 Å². The van der Waals surface area contributed by atoms with Crippen molar-refractivity contribution in [2.45, 2.75) is 32.8 Å². The number of ether oxygens (including phenoxy) is 1. The van der Waals surface area contributed by atoms with E-state index >= 15 is 0 Å². The zero-order valence-electron chi connectivity index (χ0n) is 10.1. The van der Waals surface area contributed by atoms with Crippen molar-refractivity contribution in [1.82, 2.24) is 0 Å². The Morgan fingerprint density at radius 1 is 1.19 bits per heavy atom. The Labute approximate surface area is 97.3 Å². The molecule has 0 aromatic heterocycles. The predicted molar refractivity (Wildman–Crippen MR) is 65.4 cm³/mol. The molecular formula is C14H18O2. The van der Waals surface area contributed by atoms with E-state index in [0.717, 1.165) is 11.3 Å². The van der Waals surface area contributed by atoms with Crippen molar-refractivity contribution >= 4 is 0 Å². The van der Waals surface area contributed by atoms with Gasteiger partial charge in [-0.2, -0.15) is 0 Å². The third-order valence-corrected chi connectivity index (χ3v) is 1.75. The Bertz CT molecular complexity index is 374. The highest BCUT2D eigenvalue weighted by molar-refractivity contribution is 5.38. The highest BCUT2D eigenvalue weighted by Gasteiger charge is 2.10. The molecule has 0 amide bonds. The molecule has 0 aliphatic heterocycles. The molecule has 0 atom stereocenters. The van der Waals surface area contributed by atoms with Crippen molar-refractivity contribution < 1.29 is 9.84 Å². The van der Waals surface area contributed by atoms with Gasteiger partial charge in [0, 0.05) is 12.0 Å². The maximum atomic E-state index is 8.59. The minimum atomic E-state index is -0.177. The van der Waals surface area contributed by atoms with E-state index in [1.807, 2.05) is 45.0 Å². The molecule has 0 bridgehead atoms. The first-order chi connectivity index (χ1) is 7.51. The summed E-state index contributed by atoms with van der Waals surface area (Å²) in [6.45, 7) is 6.16. The van der Waals surface area contributed by atoms with Crippen LogP contribution in [0.3, 0.4) is 0 Å². The second kappa shape index (κ2) is 5.58. The average molecular weight is 218 g/mol. The van der Waals surface area contributed by atoms with E-state index in [-0.39, 0.29) is 12.2 Å². The first-order valence-electron chi connectivity index (χ1n) is 5.40. The first kappa shape index (κ1) is 12.6. The molecular weight excluding hydrogens is 200 g/mol. The van der Waals surface area contributed by atoms with Crippen LogP contribution in [0.25, 0.3) is 0 Å². The lowest BCUT2D eigenvalue weighted by atomic mass is 10.1. The number of benzene rings is 1. The fourth-order valence-electron chi connectivity index (χ4n) is 1.18. The van der Waals surface area contributed by atoms with E-state index < -0.39 is 0 Å². The fraction of sp³-hybridized carbons (Fsp3) is 0.429. The van der Waals surface area contributed by atoms with Crippen LogP contribution in [0.2, 0.25) is 0 Å². The summed E-state index contributed by atoms with van der Waals surface area (Å²) in [5.74, 6) is 6.70. The van der Waals surface area contributed by atoms with E-state index in [9.17, 15) is 0 Å². The lowest BCUT2D eigenvalue weighted by Gasteiger charge is -2.21. The monoisotopic (exact) mass is 218 g/mol. The molecule has 0 radical (unpaired) electrons. The summed E-state index contributed by atoms with van der Waals surface area (Å²) in [7, 11) is 0. The third kappa shape index (κ3) is 4.86. The molecule has 2 nitrogen and oxygen atoms in total. The van der Waals surface area contributed by atoms with E-state index in [1.165, 1.54) is 0 Å². The molecule has 0 fully saturated rings. The lowest BCUT2D eigenvalue weighted by molar-refractivity contribution is 0.131. The maximum Gasteiger partial charge on any atom is 0.120 e. The summed E-state index contributed by atoms with van der Waals surface area (Å²) in [5, 5.41) is 8.59. The molecule has 0 saturated heterocycles. The Morgan fingerprint density at radius 2 is 1.81 bits per heavy atom. The Kier molecular flexibility index (Phi) is 4.39. The van der Waals surface area contributed by atoms with Crippen LogP contribution in [0.4, 0.5) is 0 Å². The molecule has 2 heteroatoms. The van der Waals surface area contributed by atoms with Crippen LogP contribution >= 0.6 is 0 Å². The van der Waals surface area contributed by atoms with Gasteiger partial charge >= 0.3 is 0 Å². The van der Waals surface area contributed by atoms with Gasteiger partial charge in [-0.15, -0.1) is 0 Å². The van der Waals surface area contributed by atoms with Crippen molar-refractivity contribution in [1.29, 1.82) is 0 Å². The van der Waals surface area contributed by atoms with Crippen LogP contribution in [0.1, 0.15) is 32.8 Å². The number of rotatable bonds is 2. The zero-order valence-corrected chi connectivity index (χ0v) is 10.1. The molecule has 1 rings (SSSR count). The van der Waals surface area contributed by atoms with Crippen molar-refractivity contribution in [3.8, 4) is 17.6 Å². The first-order valence-corrected chi connectivity index (χ1v) is 5.40. The number of hydrogen-bond acceptors (Lipinski definition) is 2. The normalized spacial score (nSPS) is 10.5. The molecule has 0 aliphatic carbocycles. The molecule has 1 N–H and O–H groups in total. The Hall–Kier alpha value is -1.46. The fourth-order valence-corrected chi connectivity index (χ4v) is 1.18. The van der Waals surface area contributed by atoms with Gasteiger partial charge < -0.3 is 9.84 Å². The van der Waals surface area contributed by atoms with Gasteiger partial charge in [0.25, 0.3) is 0 Å². The summed E-state index contributed by atoms with van der Waals surface area (Å²) in [4.78, 5) is 0. The second-order valence-corrected chi connectivity index (χ2v) is 4.51. The van der Waals surface area contributed by atoms with Crippen molar-refractivity contribution in [2.75, 3.05) is 6.61 Å². The van der Waals surface area contributed by atoms with Crippen molar-refractivity contribution in [3.05, 3.63) is 29.8 Å². The number of aliphatic hydroxyl groups excluding tert-OH is 1. The highest BCUT2D eigenvalue weighted by atomic mass is 16.5. The molecule has 1 aromatic rings. The predicted octanol–water partition coefficient (Wildman–Crippen LogP) is 2.60. The van der Waals surface area contributed by atoms with E-state index in [4.69, 9.17) is 9.84 Å². The second-order valence-electron chi connectivity index (χ2n) is 4.51. The van der Waals surface area contributed by atoms with E-state index in [0.29, 0.717) is 6.42 Å². The average Bonchev–Trinajstić information content (AvgIpc) is 2.19. The zero-order chi connectivity index (χ0) is 12.0. The van der Waals surface area contributed by atoms with Crippen LogP contribution in [0.5, 0.6) is 5.75 Å². The van der Waals surface area contributed by atoms with Crippen LogP contribution < -0.4 is 4.74 Å². The van der Waals surface area contributed by atoms with Crippen molar-refractivity contribution in [2.24, 2.45) is 0 Å².